The number of hydrogen-bond acceptors (Lipinski definition) is 5. The molecule has 0 saturated heterocycles. The fraction of sp³-hybridized carbons (Fsp3) is 0.429. The Morgan fingerprint density at radius 2 is 2.10 bits per heavy atom. The molecule has 2 rings (SSSR count). The minimum absolute atomic E-state index is 0.0234. The highest BCUT2D eigenvalue weighted by atomic mass is 32.2. The van der Waals surface area contributed by atoms with Crippen molar-refractivity contribution in [3.8, 4) is 11.4 Å². The van der Waals surface area contributed by atoms with Crippen molar-refractivity contribution < 1.29 is 9.90 Å². The molecule has 0 aliphatic carbocycles. The van der Waals surface area contributed by atoms with Crippen LogP contribution in [0.1, 0.15) is 19.8 Å². The number of rotatable bonds is 7. The van der Waals surface area contributed by atoms with Crippen molar-refractivity contribution in [2.75, 3.05) is 6.26 Å². The zero-order valence-electron chi connectivity index (χ0n) is 12.1. The molecule has 21 heavy (non-hydrogen) atoms. The second-order valence-electron chi connectivity index (χ2n) is 4.79. The van der Waals surface area contributed by atoms with Crippen LogP contribution in [0.2, 0.25) is 0 Å². The average Bonchev–Trinajstić information content (AvgIpc) is 2.94. The smallest absolute Gasteiger partial charge is 0.303 e. The first-order valence-corrected chi connectivity index (χ1v) is 7.99. The summed E-state index contributed by atoms with van der Waals surface area (Å²) >= 11 is 1.68. The number of tetrazole rings is 1. The van der Waals surface area contributed by atoms with Gasteiger partial charge in [-0.15, -0.1) is 16.9 Å². The van der Waals surface area contributed by atoms with Crippen LogP contribution in [0.25, 0.3) is 11.4 Å². The molecule has 2 aromatic rings. The molecule has 6 nitrogen and oxygen atoms in total. The van der Waals surface area contributed by atoms with E-state index in [1.807, 2.05) is 37.4 Å². The summed E-state index contributed by atoms with van der Waals surface area (Å²) in [5.74, 6) is -0.0949. The number of thioether (sulfide) groups is 1. The molecule has 7 heteroatoms. The predicted octanol–water partition coefficient (Wildman–Crippen LogP) is 2.56. The quantitative estimate of drug-likeness (QED) is 0.792. The monoisotopic (exact) mass is 306 g/mol. The zero-order valence-corrected chi connectivity index (χ0v) is 12.9. The van der Waals surface area contributed by atoms with Gasteiger partial charge in [0.1, 0.15) is 0 Å². The number of carboxylic acid groups (broad SMARTS) is 1. The van der Waals surface area contributed by atoms with E-state index in [0.717, 1.165) is 12.0 Å². The Morgan fingerprint density at radius 1 is 1.38 bits per heavy atom. The van der Waals surface area contributed by atoms with Crippen molar-refractivity contribution in [3.63, 3.8) is 0 Å². The molecule has 1 heterocycles. The summed E-state index contributed by atoms with van der Waals surface area (Å²) in [6.45, 7) is 2.49. The number of carbonyl (C=O) groups is 1. The number of hydrogen-bond donors (Lipinski definition) is 1. The summed E-state index contributed by atoms with van der Waals surface area (Å²) in [6, 6.07) is 8.00. The highest BCUT2D eigenvalue weighted by Crippen LogP contribution is 2.22. The maximum absolute atomic E-state index is 10.9. The average molecular weight is 306 g/mol. The van der Waals surface area contributed by atoms with Crippen molar-refractivity contribution in [1.82, 2.24) is 20.2 Å². The maximum atomic E-state index is 10.9. The summed E-state index contributed by atoms with van der Waals surface area (Å²) in [4.78, 5) is 12.0. The number of aromatic nitrogens is 4. The third-order valence-electron chi connectivity index (χ3n) is 3.35. The highest BCUT2D eigenvalue weighted by Gasteiger charge is 2.16. The Morgan fingerprint density at radius 3 is 2.67 bits per heavy atom. The van der Waals surface area contributed by atoms with E-state index in [1.165, 1.54) is 4.90 Å². The van der Waals surface area contributed by atoms with Gasteiger partial charge < -0.3 is 5.11 Å². The first-order valence-electron chi connectivity index (χ1n) is 6.76. The van der Waals surface area contributed by atoms with E-state index >= 15 is 0 Å². The number of carboxylic acids is 1. The first kappa shape index (κ1) is 15.5. The first-order chi connectivity index (χ1) is 10.1. The van der Waals surface area contributed by atoms with Crippen LogP contribution in [0, 0.1) is 5.92 Å². The van der Waals surface area contributed by atoms with Gasteiger partial charge in [-0.2, -0.15) is 0 Å². The molecule has 0 fully saturated rings. The van der Waals surface area contributed by atoms with Gasteiger partial charge in [0.05, 0.1) is 0 Å². The molecular formula is C14H18N4O2S. The fourth-order valence-electron chi connectivity index (χ4n) is 2.10. The van der Waals surface area contributed by atoms with E-state index in [2.05, 4.69) is 15.5 Å². The van der Waals surface area contributed by atoms with E-state index < -0.39 is 5.97 Å². The number of nitrogens with zero attached hydrogens (tertiary/aromatic N) is 4. The van der Waals surface area contributed by atoms with Gasteiger partial charge in [-0.25, -0.2) is 4.68 Å². The van der Waals surface area contributed by atoms with Crippen LogP contribution in [0.5, 0.6) is 0 Å². The summed E-state index contributed by atoms with van der Waals surface area (Å²) < 4.78 is 1.69. The van der Waals surface area contributed by atoms with Gasteiger partial charge in [0, 0.05) is 23.4 Å². The topological polar surface area (TPSA) is 80.9 Å². The summed E-state index contributed by atoms with van der Waals surface area (Å²) in [6.07, 6.45) is 2.93. The largest absolute Gasteiger partial charge is 0.481 e. The maximum Gasteiger partial charge on any atom is 0.303 e. The Kier molecular flexibility index (Phi) is 5.32. The highest BCUT2D eigenvalue weighted by molar-refractivity contribution is 7.98. The molecule has 1 N–H and O–H groups in total. The van der Waals surface area contributed by atoms with Gasteiger partial charge in [0.15, 0.2) is 5.82 Å². The van der Waals surface area contributed by atoms with Crippen LogP contribution >= 0.6 is 11.8 Å². The molecular weight excluding hydrogens is 288 g/mol. The summed E-state index contributed by atoms with van der Waals surface area (Å²) in [5.41, 5.74) is 0.933. The molecule has 1 aromatic heterocycles. The lowest BCUT2D eigenvalue weighted by Gasteiger charge is -2.13. The van der Waals surface area contributed by atoms with Crippen molar-refractivity contribution in [3.05, 3.63) is 24.3 Å². The molecule has 0 aliphatic heterocycles. The summed E-state index contributed by atoms with van der Waals surface area (Å²) in [7, 11) is 0. The van der Waals surface area contributed by atoms with Crippen LogP contribution in [0.3, 0.4) is 0 Å². The standard InChI is InChI=1S/C14H18N4O2S/c1-3-10(8-13(19)20)9-18-14(15-16-17-18)11-4-6-12(21-2)7-5-11/h4-7,10H,3,8-9H2,1-2H3,(H,19,20). The minimum Gasteiger partial charge on any atom is -0.481 e. The van der Waals surface area contributed by atoms with Crippen molar-refractivity contribution >= 4 is 17.7 Å². The van der Waals surface area contributed by atoms with E-state index in [-0.39, 0.29) is 12.3 Å². The van der Waals surface area contributed by atoms with Crippen LogP contribution in [-0.2, 0) is 11.3 Å². The Bertz CT molecular complexity index is 597. The molecule has 0 bridgehead atoms. The second-order valence-corrected chi connectivity index (χ2v) is 5.66. The molecule has 0 amide bonds. The summed E-state index contributed by atoms with van der Waals surface area (Å²) in [5, 5.41) is 20.7. The lowest BCUT2D eigenvalue weighted by molar-refractivity contribution is -0.138. The Labute approximate surface area is 127 Å². The molecule has 1 aromatic carbocycles. The molecule has 0 spiro atoms. The van der Waals surface area contributed by atoms with Gasteiger partial charge in [-0.3, -0.25) is 4.79 Å². The molecule has 0 saturated carbocycles. The van der Waals surface area contributed by atoms with Crippen LogP contribution < -0.4 is 0 Å². The fourth-order valence-corrected chi connectivity index (χ4v) is 2.51. The van der Waals surface area contributed by atoms with Gasteiger partial charge in [0.2, 0.25) is 0 Å². The predicted molar refractivity (Wildman–Crippen MR) is 81.1 cm³/mol. The van der Waals surface area contributed by atoms with Crippen molar-refractivity contribution in [2.24, 2.45) is 5.92 Å². The Balaban J connectivity index is 2.18. The molecule has 112 valence electrons. The van der Waals surface area contributed by atoms with Gasteiger partial charge >= 0.3 is 5.97 Å². The van der Waals surface area contributed by atoms with Crippen molar-refractivity contribution in [2.45, 2.75) is 31.2 Å². The van der Waals surface area contributed by atoms with Crippen LogP contribution in [0.15, 0.2) is 29.2 Å². The Hall–Kier alpha value is -1.89. The van der Waals surface area contributed by atoms with Crippen LogP contribution in [-0.4, -0.2) is 37.5 Å². The zero-order chi connectivity index (χ0) is 15.2. The molecule has 0 radical (unpaired) electrons. The van der Waals surface area contributed by atoms with E-state index in [4.69, 9.17) is 5.11 Å². The third kappa shape index (κ3) is 4.04. The van der Waals surface area contributed by atoms with Gasteiger partial charge in [-0.1, -0.05) is 25.5 Å². The minimum atomic E-state index is -0.791. The van der Waals surface area contributed by atoms with Gasteiger partial charge in [0.25, 0.3) is 0 Å². The molecule has 1 unspecified atom stereocenters. The number of benzene rings is 1. The third-order valence-corrected chi connectivity index (χ3v) is 4.10. The van der Waals surface area contributed by atoms with Crippen LogP contribution in [0.4, 0.5) is 0 Å². The van der Waals surface area contributed by atoms with Crippen molar-refractivity contribution in [1.29, 1.82) is 0 Å². The van der Waals surface area contributed by atoms with E-state index in [0.29, 0.717) is 12.4 Å². The lowest BCUT2D eigenvalue weighted by atomic mass is 10.0. The van der Waals surface area contributed by atoms with E-state index in [9.17, 15) is 4.79 Å². The molecule has 1 atom stereocenters. The SMILES string of the molecule is CCC(CC(=O)O)Cn1nnnc1-c1ccc(SC)cc1. The normalized spacial score (nSPS) is 12.3. The van der Waals surface area contributed by atoms with Gasteiger partial charge in [-0.05, 0) is 34.7 Å². The second kappa shape index (κ2) is 7.21. The number of aliphatic carboxylic acids is 1. The lowest BCUT2D eigenvalue weighted by Crippen LogP contribution is -2.16. The van der Waals surface area contributed by atoms with E-state index in [1.54, 1.807) is 16.4 Å². The molecule has 0 aliphatic rings.